The molecule has 1 unspecified atom stereocenters. The SMILES string of the molecule is CCn1c(=O)n(CCCOC2CCCCO2)c(=O)c2c1nc(-c1ccc(OC3CCC3)nc1C)n2Cc1ccccc1. The van der Waals surface area contributed by atoms with E-state index in [2.05, 4.69) is 0 Å². The van der Waals surface area contributed by atoms with Gasteiger partial charge in [0, 0.05) is 37.9 Å². The van der Waals surface area contributed by atoms with Crippen LogP contribution < -0.4 is 16.0 Å². The molecule has 1 aliphatic heterocycles. The molecule has 0 amide bonds. The molecular weight excluding hydrogens is 534 g/mol. The van der Waals surface area contributed by atoms with Gasteiger partial charge in [0.05, 0.1) is 12.3 Å². The molecule has 6 rings (SSSR count). The van der Waals surface area contributed by atoms with Gasteiger partial charge in [0.15, 0.2) is 17.5 Å². The van der Waals surface area contributed by atoms with Gasteiger partial charge in [0.25, 0.3) is 5.56 Å². The number of imidazole rings is 1. The Morgan fingerprint density at radius 2 is 1.79 bits per heavy atom. The van der Waals surface area contributed by atoms with Crippen LogP contribution in [0.2, 0.25) is 0 Å². The van der Waals surface area contributed by atoms with E-state index in [1.807, 2.05) is 60.9 Å². The third-order valence-corrected chi connectivity index (χ3v) is 8.22. The summed E-state index contributed by atoms with van der Waals surface area (Å²) < 4.78 is 22.4. The fourth-order valence-electron chi connectivity index (χ4n) is 5.68. The lowest BCUT2D eigenvalue weighted by atomic mass is 9.96. The van der Waals surface area contributed by atoms with Gasteiger partial charge in [-0.3, -0.25) is 13.9 Å². The summed E-state index contributed by atoms with van der Waals surface area (Å²) in [6, 6.07) is 13.8. The summed E-state index contributed by atoms with van der Waals surface area (Å²) in [7, 11) is 0. The fraction of sp³-hybridized carbons (Fsp3) is 0.500. The van der Waals surface area contributed by atoms with Gasteiger partial charge in [-0.15, -0.1) is 0 Å². The predicted molar refractivity (Wildman–Crippen MR) is 160 cm³/mol. The number of ether oxygens (including phenoxy) is 3. The maximum atomic E-state index is 14.1. The van der Waals surface area contributed by atoms with E-state index < -0.39 is 0 Å². The number of nitrogens with zero attached hydrogens (tertiary/aromatic N) is 5. The smallest absolute Gasteiger partial charge is 0.332 e. The standard InChI is InChI=1S/C32H39N5O5/c1-3-35-30-28(31(38)36(32(35)39)18-10-20-41-27-15-7-8-19-40-27)37(21-23-11-5-4-6-12-23)29(34-30)25-16-17-26(33-22(25)2)42-24-13-9-14-24/h4-6,11-12,16-17,24,27H,3,7-10,13-15,18-21H2,1-2H3. The van der Waals surface area contributed by atoms with Crippen LogP contribution in [0.25, 0.3) is 22.6 Å². The lowest BCUT2D eigenvalue weighted by Gasteiger charge is -2.25. The normalized spacial score (nSPS) is 17.4. The van der Waals surface area contributed by atoms with Crippen LogP contribution >= 0.6 is 0 Å². The van der Waals surface area contributed by atoms with Gasteiger partial charge in [-0.1, -0.05) is 30.3 Å². The van der Waals surface area contributed by atoms with Crippen LogP contribution in [0.5, 0.6) is 5.88 Å². The highest BCUT2D eigenvalue weighted by Gasteiger charge is 2.25. The molecule has 4 aromatic rings. The van der Waals surface area contributed by atoms with E-state index in [9.17, 15) is 9.59 Å². The van der Waals surface area contributed by atoms with E-state index in [0.717, 1.165) is 48.9 Å². The molecule has 1 saturated carbocycles. The van der Waals surface area contributed by atoms with Gasteiger partial charge in [-0.05, 0) is 70.4 Å². The lowest BCUT2D eigenvalue weighted by Crippen LogP contribution is -2.40. The van der Waals surface area contributed by atoms with Crippen molar-refractivity contribution in [2.75, 3.05) is 13.2 Å². The summed E-state index contributed by atoms with van der Waals surface area (Å²) in [5.41, 5.74) is 2.65. The van der Waals surface area contributed by atoms with E-state index in [1.54, 1.807) is 4.57 Å². The molecule has 2 fully saturated rings. The molecule has 2 aliphatic rings. The molecule has 1 aliphatic carbocycles. The molecule has 222 valence electrons. The van der Waals surface area contributed by atoms with E-state index in [0.29, 0.717) is 55.6 Å². The summed E-state index contributed by atoms with van der Waals surface area (Å²) in [6.07, 6.45) is 6.84. The third-order valence-electron chi connectivity index (χ3n) is 8.22. The molecule has 4 heterocycles. The van der Waals surface area contributed by atoms with Crippen molar-refractivity contribution in [3.8, 4) is 17.3 Å². The highest BCUT2D eigenvalue weighted by molar-refractivity contribution is 5.78. The Kier molecular flexibility index (Phi) is 8.53. The third kappa shape index (κ3) is 5.78. The first-order valence-electron chi connectivity index (χ1n) is 15.2. The van der Waals surface area contributed by atoms with Crippen molar-refractivity contribution in [3.63, 3.8) is 0 Å². The maximum absolute atomic E-state index is 14.1. The average molecular weight is 574 g/mol. The fourth-order valence-corrected chi connectivity index (χ4v) is 5.68. The Hall–Kier alpha value is -3.76. The zero-order valence-corrected chi connectivity index (χ0v) is 24.5. The van der Waals surface area contributed by atoms with E-state index in [4.69, 9.17) is 24.2 Å². The molecule has 1 atom stereocenters. The molecule has 0 radical (unpaired) electrons. The van der Waals surface area contributed by atoms with E-state index >= 15 is 0 Å². The van der Waals surface area contributed by atoms with Crippen LogP contribution in [0.15, 0.2) is 52.1 Å². The van der Waals surface area contributed by atoms with Gasteiger partial charge in [-0.2, -0.15) is 0 Å². The monoisotopic (exact) mass is 573 g/mol. The first-order valence-corrected chi connectivity index (χ1v) is 15.2. The molecule has 1 saturated heterocycles. The molecule has 0 N–H and O–H groups in total. The molecule has 1 aromatic carbocycles. The highest BCUT2D eigenvalue weighted by Crippen LogP contribution is 2.29. The first-order chi connectivity index (χ1) is 20.5. The van der Waals surface area contributed by atoms with E-state index in [-0.39, 0.29) is 30.2 Å². The van der Waals surface area contributed by atoms with Crippen molar-refractivity contribution in [2.45, 2.75) is 90.8 Å². The van der Waals surface area contributed by atoms with Crippen molar-refractivity contribution in [1.29, 1.82) is 0 Å². The van der Waals surface area contributed by atoms with Gasteiger partial charge in [-0.25, -0.2) is 14.8 Å². The number of benzene rings is 1. The van der Waals surface area contributed by atoms with Gasteiger partial charge in [0.2, 0.25) is 5.88 Å². The predicted octanol–water partition coefficient (Wildman–Crippen LogP) is 4.66. The number of pyridine rings is 1. The number of aryl methyl sites for hydroxylation is 2. The van der Waals surface area contributed by atoms with E-state index in [1.165, 1.54) is 11.0 Å². The van der Waals surface area contributed by atoms with Crippen LogP contribution in [-0.4, -0.2) is 49.3 Å². The molecule has 0 spiro atoms. The second-order valence-electron chi connectivity index (χ2n) is 11.1. The van der Waals surface area contributed by atoms with Crippen molar-refractivity contribution in [2.24, 2.45) is 0 Å². The van der Waals surface area contributed by atoms with Crippen molar-refractivity contribution in [1.82, 2.24) is 23.7 Å². The highest BCUT2D eigenvalue weighted by atomic mass is 16.7. The minimum atomic E-state index is -0.362. The summed E-state index contributed by atoms with van der Waals surface area (Å²) in [4.78, 5) is 37.3. The molecule has 0 bridgehead atoms. The van der Waals surface area contributed by atoms with Crippen LogP contribution in [0.1, 0.15) is 63.1 Å². The van der Waals surface area contributed by atoms with Crippen molar-refractivity contribution in [3.05, 3.63) is 74.6 Å². The minimum Gasteiger partial charge on any atom is -0.474 e. The summed E-state index contributed by atoms with van der Waals surface area (Å²) in [6.45, 7) is 6.00. The molecule has 10 heteroatoms. The molecule has 3 aromatic heterocycles. The zero-order chi connectivity index (χ0) is 29.1. The van der Waals surface area contributed by atoms with Gasteiger partial charge < -0.3 is 18.8 Å². The van der Waals surface area contributed by atoms with Crippen LogP contribution in [0, 0.1) is 6.92 Å². The topological polar surface area (TPSA) is 102 Å². The zero-order valence-electron chi connectivity index (χ0n) is 24.5. The first kappa shape index (κ1) is 28.4. The average Bonchev–Trinajstić information content (AvgIpc) is 3.34. The largest absolute Gasteiger partial charge is 0.474 e. The Morgan fingerprint density at radius 1 is 0.952 bits per heavy atom. The Balaban J connectivity index is 1.40. The van der Waals surface area contributed by atoms with Crippen molar-refractivity contribution >= 4 is 11.2 Å². The summed E-state index contributed by atoms with van der Waals surface area (Å²) >= 11 is 0. The maximum Gasteiger partial charge on any atom is 0.332 e. The second-order valence-corrected chi connectivity index (χ2v) is 11.1. The van der Waals surface area contributed by atoms with Gasteiger partial charge in [0.1, 0.15) is 11.9 Å². The van der Waals surface area contributed by atoms with Crippen LogP contribution in [0.3, 0.4) is 0 Å². The summed E-state index contributed by atoms with van der Waals surface area (Å²) in [5, 5.41) is 0. The number of fused-ring (bicyclic) bond motifs is 1. The van der Waals surface area contributed by atoms with Crippen LogP contribution in [-0.2, 0) is 29.1 Å². The number of hydrogen-bond acceptors (Lipinski definition) is 7. The van der Waals surface area contributed by atoms with Crippen molar-refractivity contribution < 1.29 is 14.2 Å². The lowest BCUT2D eigenvalue weighted by molar-refractivity contribution is -0.163. The second kappa shape index (κ2) is 12.6. The summed E-state index contributed by atoms with van der Waals surface area (Å²) in [5.74, 6) is 1.20. The molecule has 42 heavy (non-hydrogen) atoms. The Morgan fingerprint density at radius 3 is 2.48 bits per heavy atom. The number of rotatable bonds is 11. The number of aromatic nitrogens is 5. The molecule has 10 nitrogen and oxygen atoms in total. The van der Waals surface area contributed by atoms with Gasteiger partial charge >= 0.3 is 5.69 Å². The van der Waals surface area contributed by atoms with Crippen LogP contribution in [0.4, 0.5) is 0 Å². The molecular formula is C32H39N5O5. The quantitative estimate of drug-likeness (QED) is 0.241. The Labute approximate surface area is 244 Å². The minimum absolute atomic E-state index is 0.206. The number of hydrogen-bond donors (Lipinski definition) is 0. The Bertz CT molecular complexity index is 1650.